The first kappa shape index (κ1) is 16.9. The van der Waals surface area contributed by atoms with E-state index < -0.39 is 0 Å². The molecule has 26 heavy (non-hydrogen) atoms. The number of halogens is 1. The lowest BCUT2D eigenvalue weighted by atomic mass is 10.0. The van der Waals surface area contributed by atoms with Crippen LogP contribution in [0.5, 0.6) is 0 Å². The van der Waals surface area contributed by atoms with E-state index in [0.29, 0.717) is 16.3 Å². The third-order valence-corrected chi connectivity index (χ3v) is 5.24. The average molecular weight is 365 g/mol. The van der Waals surface area contributed by atoms with Gasteiger partial charge in [-0.15, -0.1) is 0 Å². The Hall–Kier alpha value is -2.52. The Kier molecular flexibility index (Phi) is 4.81. The Morgan fingerprint density at radius 3 is 2.50 bits per heavy atom. The Balaban J connectivity index is 1.57. The normalized spacial score (nSPS) is 14.4. The van der Waals surface area contributed by atoms with Crippen molar-refractivity contribution in [2.24, 2.45) is 0 Å². The van der Waals surface area contributed by atoms with Crippen molar-refractivity contribution in [2.45, 2.75) is 19.3 Å². The van der Waals surface area contributed by atoms with Gasteiger partial charge in [0.1, 0.15) is 0 Å². The highest BCUT2D eigenvalue weighted by molar-refractivity contribution is 6.33. The lowest BCUT2D eigenvalue weighted by Gasteiger charge is -2.29. The summed E-state index contributed by atoms with van der Waals surface area (Å²) in [5.41, 5.74) is 2.43. The zero-order chi connectivity index (χ0) is 17.9. The third kappa shape index (κ3) is 3.40. The number of benzene rings is 3. The van der Waals surface area contributed by atoms with Crippen LogP contribution in [0.25, 0.3) is 10.8 Å². The molecule has 1 aliphatic rings. The maximum Gasteiger partial charge on any atom is 0.256 e. The van der Waals surface area contributed by atoms with Gasteiger partial charge in [0.15, 0.2) is 0 Å². The van der Waals surface area contributed by atoms with E-state index in [4.69, 9.17) is 11.6 Å². The highest BCUT2D eigenvalue weighted by Crippen LogP contribution is 2.31. The quantitative estimate of drug-likeness (QED) is 0.643. The first-order chi connectivity index (χ1) is 12.7. The lowest BCUT2D eigenvalue weighted by Crippen LogP contribution is -2.29. The van der Waals surface area contributed by atoms with Gasteiger partial charge in [0.25, 0.3) is 5.91 Å². The zero-order valence-electron chi connectivity index (χ0n) is 14.5. The molecule has 1 saturated heterocycles. The van der Waals surface area contributed by atoms with Crippen LogP contribution in [0, 0.1) is 0 Å². The highest BCUT2D eigenvalue weighted by atomic mass is 35.5. The summed E-state index contributed by atoms with van der Waals surface area (Å²) < 4.78 is 0. The summed E-state index contributed by atoms with van der Waals surface area (Å²) in [7, 11) is 0. The molecule has 0 aromatic heterocycles. The van der Waals surface area contributed by atoms with E-state index in [1.54, 1.807) is 0 Å². The molecule has 1 amide bonds. The zero-order valence-corrected chi connectivity index (χ0v) is 15.3. The number of nitrogens with zero attached hydrogens (tertiary/aromatic N) is 1. The molecule has 0 radical (unpaired) electrons. The van der Waals surface area contributed by atoms with Crippen LogP contribution < -0.4 is 10.2 Å². The molecule has 3 aromatic rings. The molecule has 0 saturated carbocycles. The van der Waals surface area contributed by atoms with Crippen molar-refractivity contribution in [1.82, 2.24) is 0 Å². The number of nitrogens with one attached hydrogen (secondary N) is 1. The van der Waals surface area contributed by atoms with Crippen LogP contribution in [-0.2, 0) is 0 Å². The molecule has 3 aromatic carbocycles. The predicted molar refractivity (Wildman–Crippen MR) is 109 cm³/mol. The standard InChI is InChI=1S/C22H21ClN2O/c23-20-15-17(11-12-21(20)25-13-4-1-5-14-25)24-22(26)19-10-6-8-16-7-2-3-9-18(16)19/h2-3,6-12,15H,1,4-5,13-14H2,(H,24,26). The van der Waals surface area contributed by atoms with Crippen molar-refractivity contribution in [3.63, 3.8) is 0 Å². The van der Waals surface area contributed by atoms with E-state index in [9.17, 15) is 4.79 Å². The third-order valence-electron chi connectivity index (χ3n) is 4.94. The van der Waals surface area contributed by atoms with Crippen LogP contribution in [-0.4, -0.2) is 19.0 Å². The fourth-order valence-corrected chi connectivity index (χ4v) is 3.90. The molecule has 4 heteroatoms. The largest absolute Gasteiger partial charge is 0.370 e. The molecule has 0 unspecified atom stereocenters. The fraction of sp³-hybridized carbons (Fsp3) is 0.227. The van der Waals surface area contributed by atoms with Gasteiger partial charge in [-0.2, -0.15) is 0 Å². The molecule has 4 rings (SSSR count). The minimum atomic E-state index is -0.122. The number of hydrogen-bond acceptors (Lipinski definition) is 2. The smallest absolute Gasteiger partial charge is 0.256 e. The molecule has 1 fully saturated rings. The first-order valence-electron chi connectivity index (χ1n) is 9.06. The molecule has 0 spiro atoms. The van der Waals surface area contributed by atoms with Crippen LogP contribution in [0.4, 0.5) is 11.4 Å². The van der Waals surface area contributed by atoms with Crippen molar-refractivity contribution >= 4 is 39.7 Å². The van der Waals surface area contributed by atoms with E-state index in [0.717, 1.165) is 29.5 Å². The number of fused-ring (bicyclic) bond motifs is 1. The Labute approximate surface area is 158 Å². The topological polar surface area (TPSA) is 32.3 Å². The van der Waals surface area contributed by atoms with E-state index in [1.165, 1.54) is 19.3 Å². The summed E-state index contributed by atoms with van der Waals surface area (Å²) >= 11 is 6.49. The van der Waals surface area contributed by atoms with Gasteiger partial charge in [-0.3, -0.25) is 4.79 Å². The van der Waals surface area contributed by atoms with E-state index in [1.807, 2.05) is 60.7 Å². The number of piperidine rings is 1. The minimum Gasteiger partial charge on any atom is -0.370 e. The number of amides is 1. The molecule has 1 aliphatic heterocycles. The number of rotatable bonds is 3. The van der Waals surface area contributed by atoms with Gasteiger partial charge in [0.05, 0.1) is 10.7 Å². The maximum atomic E-state index is 12.8. The summed E-state index contributed by atoms with van der Waals surface area (Å²) in [6, 6.07) is 19.4. The molecular weight excluding hydrogens is 344 g/mol. The van der Waals surface area contributed by atoms with Gasteiger partial charge in [0, 0.05) is 24.3 Å². The van der Waals surface area contributed by atoms with Crippen LogP contribution in [0.2, 0.25) is 5.02 Å². The summed E-state index contributed by atoms with van der Waals surface area (Å²) in [4.78, 5) is 15.1. The van der Waals surface area contributed by atoms with Crippen LogP contribution in [0.1, 0.15) is 29.6 Å². The summed E-state index contributed by atoms with van der Waals surface area (Å²) in [6.07, 6.45) is 3.69. The number of carbonyl (C=O) groups is 1. The SMILES string of the molecule is O=C(Nc1ccc(N2CCCCC2)c(Cl)c1)c1cccc2ccccc12. The molecule has 132 valence electrons. The van der Waals surface area contributed by atoms with Gasteiger partial charge in [-0.1, -0.05) is 48.0 Å². The Morgan fingerprint density at radius 2 is 1.69 bits per heavy atom. The van der Waals surface area contributed by atoms with Gasteiger partial charge in [-0.25, -0.2) is 0 Å². The van der Waals surface area contributed by atoms with Crippen molar-refractivity contribution in [3.8, 4) is 0 Å². The predicted octanol–water partition coefficient (Wildman–Crippen LogP) is 5.74. The van der Waals surface area contributed by atoms with Crippen molar-refractivity contribution in [1.29, 1.82) is 0 Å². The molecule has 1 N–H and O–H groups in total. The monoisotopic (exact) mass is 364 g/mol. The Bertz CT molecular complexity index is 943. The van der Waals surface area contributed by atoms with E-state index in [2.05, 4.69) is 10.2 Å². The van der Waals surface area contributed by atoms with E-state index in [-0.39, 0.29) is 5.91 Å². The van der Waals surface area contributed by atoms with Gasteiger partial charge < -0.3 is 10.2 Å². The first-order valence-corrected chi connectivity index (χ1v) is 9.44. The van der Waals surface area contributed by atoms with E-state index >= 15 is 0 Å². The number of hydrogen-bond donors (Lipinski definition) is 1. The lowest BCUT2D eigenvalue weighted by molar-refractivity contribution is 0.102. The van der Waals surface area contributed by atoms with Crippen molar-refractivity contribution in [3.05, 3.63) is 71.2 Å². The molecule has 3 nitrogen and oxygen atoms in total. The second kappa shape index (κ2) is 7.38. The average Bonchev–Trinajstić information content (AvgIpc) is 2.68. The van der Waals surface area contributed by atoms with Crippen LogP contribution >= 0.6 is 11.6 Å². The molecule has 0 atom stereocenters. The van der Waals surface area contributed by atoms with Crippen molar-refractivity contribution in [2.75, 3.05) is 23.3 Å². The Morgan fingerprint density at radius 1 is 0.923 bits per heavy atom. The van der Waals surface area contributed by atoms with Crippen LogP contribution in [0.3, 0.4) is 0 Å². The van der Waals surface area contributed by atoms with Gasteiger partial charge in [0.2, 0.25) is 0 Å². The molecule has 0 bridgehead atoms. The minimum absolute atomic E-state index is 0.122. The number of carbonyl (C=O) groups excluding carboxylic acids is 1. The molecular formula is C22H21ClN2O. The summed E-state index contributed by atoms with van der Waals surface area (Å²) in [5.74, 6) is -0.122. The summed E-state index contributed by atoms with van der Waals surface area (Å²) in [5, 5.41) is 5.66. The fourth-order valence-electron chi connectivity index (χ4n) is 3.60. The molecule has 1 heterocycles. The van der Waals surface area contributed by atoms with Crippen LogP contribution in [0.15, 0.2) is 60.7 Å². The van der Waals surface area contributed by atoms with Gasteiger partial charge in [-0.05, 0) is 54.3 Å². The second-order valence-corrected chi connectivity index (χ2v) is 7.10. The highest BCUT2D eigenvalue weighted by Gasteiger charge is 2.15. The second-order valence-electron chi connectivity index (χ2n) is 6.69. The van der Waals surface area contributed by atoms with Crippen molar-refractivity contribution < 1.29 is 4.79 Å². The number of anilines is 2. The maximum absolute atomic E-state index is 12.8. The molecule has 0 aliphatic carbocycles. The van der Waals surface area contributed by atoms with Gasteiger partial charge >= 0.3 is 0 Å². The summed E-state index contributed by atoms with van der Waals surface area (Å²) in [6.45, 7) is 2.09.